The highest BCUT2D eigenvalue weighted by molar-refractivity contribution is 5.93. The van der Waals surface area contributed by atoms with Crippen molar-refractivity contribution < 1.29 is 9.53 Å². The number of anilines is 1. The summed E-state index contributed by atoms with van der Waals surface area (Å²) in [6, 6.07) is 6.42. The molecule has 0 atom stereocenters. The summed E-state index contributed by atoms with van der Waals surface area (Å²) in [5.74, 6) is -0.517. The molecule has 4 heteroatoms. The topological polar surface area (TPSA) is 76.1 Å². The van der Waals surface area contributed by atoms with Gasteiger partial charge in [-0.3, -0.25) is 0 Å². The molecule has 4 nitrogen and oxygen atoms in total. The molecule has 1 aromatic carbocycles. The van der Waals surface area contributed by atoms with Crippen molar-refractivity contribution in [2.45, 2.75) is 6.92 Å². The van der Waals surface area contributed by atoms with Crippen LogP contribution in [0, 0.1) is 11.3 Å². The Morgan fingerprint density at radius 1 is 1.64 bits per heavy atom. The molecule has 0 amide bonds. The van der Waals surface area contributed by atoms with E-state index in [2.05, 4.69) is 0 Å². The van der Waals surface area contributed by atoms with Crippen molar-refractivity contribution in [1.82, 2.24) is 0 Å². The standard InChI is InChI=1S/C10H10N2O2/c1-2-14-10(13)9-5-8(12)4-3-7(9)6-11/h3-5H,2,12H2,1H3. The number of nitrogens with zero attached hydrogens (tertiary/aromatic N) is 1. The fourth-order valence-corrected chi connectivity index (χ4v) is 1.04. The van der Waals surface area contributed by atoms with Crippen molar-refractivity contribution in [3.05, 3.63) is 29.3 Å². The van der Waals surface area contributed by atoms with Gasteiger partial charge < -0.3 is 10.5 Å². The van der Waals surface area contributed by atoms with Gasteiger partial charge in [0.1, 0.15) is 6.07 Å². The van der Waals surface area contributed by atoms with Crippen LogP contribution in [0.1, 0.15) is 22.8 Å². The molecule has 0 aliphatic carbocycles. The van der Waals surface area contributed by atoms with E-state index in [0.29, 0.717) is 5.69 Å². The second-order valence-corrected chi connectivity index (χ2v) is 2.64. The third-order valence-electron chi connectivity index (χ3n) is 1.66. The molecule has 72 valence electrons. The Morgan fingerprint density at radius 3 is 2.93 bits per heavy atom. The zero-order valence-corrected chi connectivity index (χ0v) is 7.78. The molecular weight excluding hydrogens is 180 g/mol. The monoisotopic (exact) mass is 190 g/mol. The van der Waals surface area contributed by atoms with E-state index in [1.54, 1.807) is 13.0 Å². The lowest BCUT2D eigenvalue weighted by molar-refractivity contribution is 0.0526. The summed E-state index contributed by atoms with van der Waals surface area (Å²) >= 11 is 0. The van der Waals surface area contributed by atoms with Gasteiger partial charge in [0.05, 0.1) is 17.7 Å². The highest BCUT2D eigenvalue weighted by Crippen LogP contribution is 2.13. The van der Waals surface area contributed by atoms with Gasteiger partial charge in [0.15, 0.2) is 0 Å². The summed E-state index contributed by atoms with van der Waals surface area (Å²) in [7, 11) is 0. The molecule has 0 aliphatic heterocycles. The molecule has 0 aliphatic rings. The van der Waals surface area contributed by atoms with E-state index in [0.717, 1.165) is 0 Å². The van der Waals surface area contributed by atoms with E-state index in [1.165, 1.54) is 12.1 Å². The van der Waals surface area contributed by atoms with Gasteiger partial charge in [-0.05, 0) is 25.1 Å². The molecule has 1 rings (SSSR count). The first-order valence-electron chi connectivity index (χ1n) is 4.15. The van der Waals surface area contributed by atoms with Crippen molar-refractivity contribution in [2.75, 3.05) is 12.3 Å². The van der Waals surface area contributed by atoms with Crippen LogP contribution in [-0.4, -0.2) is 12.6 Å². The maximum Gasteiger partial charge on any atom is 0.339 e. The van der Waals surface area contributed by atoms with Crippen molar-refractivity contribution >= 4 is 11.7 Å². The van der Waals surface area contributed by atoms with Gasteiger partial charge in [-0.25, -0.2) is 4.79 Å². The maximum absolute atomic E-state index is 11.3. The second-order valence-electron chi connectivity index (χ2n) is 2.64. The summed E-state index contributed by atoms with van der Waals surface area (Å²) in [6.07, 6.45) is 0. The third kappa shape index (κ3) is 2.02. The van der Waals surface area contributed by atoms with E-state index in [9.17, 15) is 4.79 Å². The van der Waals surface area contributed by atoms with Gasteiger partial charge in [0.2, 0.25) is 0 Å². The highest BCUT2D eigenvalue weighted by Gasteiger charge is 2.12. The fourth-order valence-electron chi connectivity index (χ4n) is 1.04. The summed E-state index contributed by atoms with van der Waals surface area (Å²) in [5, 5.41) is 8.73. The second kappa shape index (κ2) is 4.28. The number of hydrogen-bond donors (Lipinski definition) is 1. The molecule has 0 radical (unpaired) electrons. The third-order valence-corrected chi connectivity index (χ3v) is 1.66. The molecule has 0 saturated heterocycles. The summed E-state index contributed by atoms with van der Waals surface area (Å²) in [4.78, 5) is 11.3. The Balaban J connectivity index is 3.12. The first kappa shape index (κ1) is 10.1. The molecule has 1 aromatic rings. The first-order valence-corrected chi connectivity index (χ1v) is 4.15. The summed E-state index contributed by atoms with van der Waals surface area (Å²) in [6.45, 7) is 1.98. The van der Waals surface area contributed by atoms with Crippen LogP contribution in [0.4, 0.5) is 5.69 Å². The Kier molecular flexibility index (Phi) is 3.08. The molecule has 0 aromatic heterocycles. The van der Waals surface area contributed by atoms with E-state index < -0.39 is 5.97 Å². The van der Waals surface area contributed by atoms with E-state index >= 15 is 0 Å². The quantitative estimate of drug-likeness (QED) is 0.563. The molecule has 0 saturated carbocycles. The smallest absolute Gasteiger partial charge is 0.339 e. The Bertz CT molecular complexity index is 394. The van der Waals surface area contributed by atoms with Crippen LogP contribution in [0.2, 0.25) is 0 Å². The Morgan fingerprint density at radius 2 is 2.36 bits per heavy atom. The molecular formula is C10H10N2O2. The van der Waals surface area contributed by atoms with Gasteiger partial charge in [-0.15, -0.1) is 0 Å². The van der Waals surface area contributed by atoms with E-state index in [4.69, 9.17) is 15.7 Å². The van der Waals surface area contributed by atoms with Crippen LogP contribution in [0.3, 0.4) is 0 Å². The van der Waals surface area contributed by atoms with Gasteiger partial charge in [-0.2, -0.15) is 5.26 Å². The van der Waals surface area contributed by atoms with Gasteiger partial charge in [0.25, 0.3) is 0 Å². The Hall–Kier alpha value is -2.02. The average Bonchev–Trinajstić information content (AvgIpc) is 2.18. The number of carbonyl (C=O) groups excluding carboxylic acids is 1. The number of nitrogens with two attached hydrogens (primary N) is 1. The van der Waals surface area contributed by atoms with E-state index in [-0.39, 0.29) is 17.7 Å². The lowest BCUT2D eigenvalue weighted by Gasteiger charge is -2.04. The largest absolute Gasteiger partial charge is 0.462 e. The van der Waals surface area contributed by atoms with Crippen LogP contribution < -0.4 is 5.73 Å². The molecule has 0 spiro atoms. The SMILES string of the molecule is CCOC(=O)c1cc(N)ccc1C#N. The minimum absolute atomic E-state index is 0.217. The number of rotatable bonds is 2. The number of nitrogen functional groups attached to an aromatic ring is 1. The lowest BCUT2D eigenvalue weighted by Crippen LogP contribution is -2.07. The van der Waals surface area contributed by atoms with Crippen LogP contribution in [0.15, 0.2) is 18.2 Å². The highest BCUT2D eigenvalue weighted by atomic mass is 16.5. The van der Waals surface area contributed by atoms with Gasteiger partial charge >= 0.3 is 5.97 Å². The van der Waals surface area contributed by atoms with Crippen LogP contribution in [-0.2, 0) is 4.74 Å². The average molecular weight is 190 g/mol. The van der Waals surface area contributed by atoms with Crippen LogP contribution >= 0.6 is 0 Å². The maximum atomic E-state index is 11.3. The minimum atomic E-state index is -0.517. The lowest BCUT2D eigenvalue weighted by atomic mass is 10.1. The van der Waals surface area contributed by atoms with Crippen molar-refractivity contribution in [1.29, 1.82) is 5.26 Å². The predicted molar refractivity (Wildman–Crippen MR) is 51.5 cm³/mol. The van der Waals surface area contributed by atoms with Crippen molar-refractivity contribution in [2.24, 2.45) is 0 Å². The summed E-state index contributed by atoms with van der Waals surface area (Å²) in [5.41, 5.74) is 6.43. The number of benzene rings is 1. The Labute approximate surface area is 81.9 Å². The number of esters is 1. The van der Waals surface area contributed by atoms with Crippen LogP contribution in [0.5, 0.6) is 0 Å². The normalized spacial score (nSPS) is 9.14. The van der Waals surface area contributed by atoms with Gasteiger partial charge in [-0.1, -0.05) is 0 Å². The van der Waals surface area contributed by atoms with Crippen molar-refractivity contribution in [3.8, 4) is 6.07 Å². The first-order chi connectivity index (χ1) is 6.69. The van der Waals surface area contributed by atoms with Crippen LogP contribution in [0.25, 0.3) is 0 Å². The molecule has 14 heavy (non-hydrogen) atoms. The molecule has 0 bridgehead atoms. The zero-order valence-electron chi connectivity index (χ0n) is 7.78. The number of carbonyl (C=O) groups is 1. The minimum Gasteiger partial charge on any atom is -0.462 e. The fraction of sp³-hybridized carbons (Fsp3) is 0.200. The molecule has 0 fully saturated rings. The van der Waals surface area contributed by atoms with Crippen molar-refractivity contribution in [3.63, 3.8) is 0 Å². The van der Waals surface area contributed by atoms with Gasteiger partial charge in [0, 0.05) is 5.69 Å². The summed E-state index contributed by atoms with van der Waals surface area (Å²) < 4.78 is 4.78. The number of nitriles is 1. The molecule has 0 heterocycles. The number of hydrogen-bond acceptors (Lipinski definition) is 4. The zero-order chi connectivity index (χ0) is 10.6. The number of ether oxygens (including phenoxy) is 1. The molecule has 0 unspecified atom stereocenters. The van der Waals surface area contributed by atoms with E-state index in [1.807, 2.05) is 6.07 Å². The predicted octanol–water partition coefficient (Wildman–Crippen LogP) is 1.32. The molecule has 2 N–H and O–H groups in total.